The summed E-state index contributed by atoms with van der Waals surface area (Å²) in [5, 5.41) is 7.81. The molecule has 0 atom stereocenters. The lowest BCUT2D eigenvalue weighted by Crippen LogP contribution is -2.30. The second-order valence-electron chi connectivity index (χ2n) is 6.73. The minimum absolute atomic E-state index is 0.690. The molecule has 0 amide bonds. The van der Waals surface area contributed by atoms with Gasteiger partial charge >= 0.3 is 0 Å². The number of hydrogen-bond acceptors (Lipinski definition) is 5. The number of aromatic nitrogens is 2. The quantitative estimate of drug-likeness (QED) is 0.720. The van der Waals surface area contributed by atoms with Crippen LogP contribution in [-0.4, -0.2) is 22.3 Å². The number of rotatable bonds is 4. The van der Waals surface area contributed by atoms with Crippen LogP contribution in [0.25, 0.3) is 22.3 Å². The Morgan fingerprint density at radius 2 is 1.78 bits per heavy atom. The van der Waals surface area contributed by atoms with Gasteiger partial charge in [-0.15, -0.1) is 0 Å². The van der Waals surface area contributed by atoms with Crippen molar-refractivity contribution in [2.24, 2.45) is 4.99 Å². The summed E-state index contributed by atoms with van der Waals surface area (Å²) in [5.41, 5.74) is 4.40. The summed E-state index contributed by atoms with van der Waals surface area (Å²) >= 11 is 0. The Hall–Kier alpha value is -3.21. The zero-order chi connectivity index (χ0) is 18.8. The molecule has 136 valence electrons. The number of anilines is 1. The van der Waals surface area contributed by atoms with Gasteiger partial charge in [0.15, 0.2) is 5.82 Å². The highest BCUT2D eigenvalue weighted by atomic mass is 15.2. The smallest absolute Gasteiger partial charge is 0.162 e. The maximum atomic E-state index is 4.90. The first-order valence-corrected chi connectivity index (χ1v) is 9.25. The molecule has 27 heavy (non-hydrogen) atoms. The van der Waals surface area contributed by atoms with Crippen LogP contribution in [0.4, 0.5) is 5.82 Å². The van der Waals surface area contributed by atoms with Gasteiger partial charge in [-0.25, -0.2) is 9.97 Å². The second-order valence-corrected chi connectivity index (χ2v) is 6.73. The Balaban J connectivity index is 1.85. The molecule has 2 N–H and O–H groups in total. The third kappa shape index (κ3) is 3.40. The van der Waals surface area contributed by atoms with Crippen LogP contribution in [0.2, 0.25) is 0 Å². The molecular weight excluding hydrogens is 334 g/mol. The molecule has 0 bridgehead atoms. The van der Waals surface area contributed by atoms with E-state index in [-0.39, 0.29) is 0 Å². The van der Waals surface area contributed by atoms with Crippen molar-refractivity contribution in [1.29, 1.82) is 0 Å². The van der Waals surface area contributed by atoms with Crippen LogP contribution in [0, 0.1) is 0 Å². The number of aryl methyl sites for hydroxylation is 1. The van der Waals surface area contributed by atoms with Crippen molar-refractivity contribution in [2.75, 3.05) is 11.9 Å². The molecule has 1 aliphatic heterocycles. The summed E-state index contributed by atoms with van der Waals surface area (Å²) in [6, 6.07) is 16.4. The highest BCUT2D eigenvalue weighted by Gasteiger charge is 2.15. The molecule has 4 rings (SSSR count). The molecule has 0 spiro atoms. The number of nitrogens with one attached hydrogen (secondary N) is 2. The van der Waals surface area contributed by atoms with Crippen molar-refractivity contribution in [3.05, 3.63) is 65.5 Å². The summed E-state index contributed by atoms with van der Waals surface area (Å²) in [6.45, 7) is 6.88. The van der Waals surface area contributed by atoms with E-state index in [1.807, 2.05) is 37.3 Å². The van der Waals surface area contributed by atoms with Crippen LogP contribution < -0.4 is 10.6 Å². The summed E-state index contributed by atoms with van der Waals surface area (Å²) in [5.74, 6) is 3.39. The van der Waals surface area contributed by atoms with Crippen LogP contribution >= 0.6 is 0 Å². The molecule has 5 heteroatoms. The Morgan fingerprint density at radius 3 is 2.63 bits per heavy atom. The minimum Gasteiger partial charge on any atom is -0.331 e. The first kappa shape index (κ1) is 17.2. The third-order valence-electron chi connectivity index (χ3n) is 4.77. The maximum Gasteiger partial charge on any atom is 0.162 e. The van der Waals surface area contributed by atoms with E-state index in [1.165, 1.54) is 5.56 Å². The molecule has 2 aromatic carbocycles. The molecule has 1 aromatic heterocycles. The zero-order valence-corrected chi connectivity index (χ0v) is 15.9. The summed E-state index contributed by atoms with van der Waals surface area (Å²) in [6.07, 6.45) is 0.941. The lowest BCUT2D eigenvalue weighted by molar-refractivity contribution is 0.947. The van der Waals surface area contributed by atoms with Gasteiger partial charge < -0.3 is 10.6 Å². The predicted octanol–water partition coefficient (Wildman–Crippen LogP) is 4.52. The average Bonchev–Trinajstić information content (AvgIpc) is 2.70. The average molecular weight is 357 g/mol. The van der Waals surface area contributed by atoms with E-state index in [0.717, 1.165) is 51.8 Å². The molecule has 0 radical (unpaired) electrons. The van der Waals surface area contributed by atoms with E-state index in [0.29, 0.717) is 6.54 Å². The minimum atomic E-state index is 0.690. The van der Waals surface area contributed by atoms with Crippen LogP contribution in [0.5, 0.6) is 0 Å². The van der Waals surface area contributed by atoms with Crippen molar-refractivity contribution in [3.8, 4) is 11.4 Å². The molecule has 0 saturated carbocycles. The molecule has 1 aliphatic rings. The number of benzene rings is 2. The van der Waals surface area contributed by atoms with Gasteiger partial charge in [0.1, 0.15) is 11.6 Å². The Labute approximate surface area is 159 Å². The van der Waals surface area contributed by atoms with Gasteiger partial charge in [0.05, 0.1) is 17.9 Å². The monoisotopic (exact) mass is 357 g/mol. The molecule has 3 aromatic rings. The second kappa shape index (κ2) is 7.19. The van der Waals surface area contributed by atoms with E-state index >= 15 is 0 Å². The summed E-state index contributed by atoms with van der Waals surface area (Å²) in [4.78, 5) is 14.2. The van der Waals surface area contributed by atoms with E-state index in [1.54, 1.807) is 0 Å². The van der Waals surface area contributed by atoms with Crippen molar-refractivity contribution in [2.45, 2.75) is 27.2 Å². The SMILES string of the molecule is CCc1ccccc1-c1nc(NC2=C(C)CN=C(C)N2)c2ccccc2n1. The molecular formula is C22H23N5. The van der Waals surface area contributed by atoms with Gasteiger partial charge in [0.25, 0.3) is 0 Å². The highest BCUT2D eigenvalue weighted by molar-refractivity contribution is 5.92. The fourth-order valence-electron chi connectivity index (χ4n) is 3.24. The number of nitrogens with zero attached hydrogens (tertiary/aromatic N) is 3. The topological polar surface area (TPSA) is 62.2 Å². The van der Waals surface area contributed by atoms with Crippen molar-refractivity contribution >= 4 is 22.6 Å². The fraction of sp³-hybridized carbons (Fsp3) is 0.227. The van der Waals surface area contributed by atoms with Crippen molar-refractivity contribution < 1.29 is 0 Å². The van der Waals surface area contributed by atoms with E-state index in [9.17, 15) is 0 Å². The number of hydrogen-bond donors (Lipinski definition) is 2. The number of fused-ring (bicyclic) bond motifs is 1. The van der Waals surface area contributed by atoms with Crippen molar-refractivity contribution in [3.63, 3.8) is 0 Å². The molecule has 2 heterocycles. The molecule has 5 nitrogen and oxygen atoms in total. The first-order valence-electron chi connectivity index (χ1n) is 9.25. The highest BCUT2D eigenvalue weighted by Crippen LogP contribution is 2.28. The van der Waals surface area contributed by atoms with Crippen LogP contribution in [-0.2, 0) is 6.42 Å². The van der Waals surface area contributed by atoms with Gasteiger partial charge in [0.2, 0.25) is 0 Å². The van der Waals surface area contributed by atoms with Crippen molar-refractivity contribution in [1.82, 2.24) is 15.3 Å². The first-order chi connectivity index (χ1) is 13.2. The van der Waals surface area contributed by atoms with E-state index in [2.05, 4.69) is 47.7 Å². The number of amidine groups is 1. The van der Waals surface area contributed by atoms with E-state index in [4.69, 9.17) is 9.97 Å². The molecule has 0 fully saturated rings. The van der Waals surface area contributed by atoms with Crippen LogP contribution in [0.15, 0.2) is 64.9 Å². The molecule has 0 unspecified atom stereocenters. The summed E-state index contributed by atoms with van der Waals surface area (Å²) in [7, 11) is 0. The van der Waals surface area contributed by atoms with Crippen LogP contribution in [0.1, 0.15) is 26.3 Å². The fourth-order valence-corrected chi connectivity index (χ4v) is 3.24. The number of aliphatic imine (C=N–C) groups is 1. The number of para-hydroxylation sites is 1. The molecule has 0 aliphatic carbocycles. The third-order valence-corrected chi connectivity index (χ3v) is 4.77. The Kier molecular flexibility index (Phi) is 4.59. The Morgan fingerprint density at radius 1 is 1.00 bits per heavy atom. The zero-order valence-electron chi connectivity index (χ0n) is 15.9. The lowest BCUT2D eigenvalue weighted by Gasteiger charge is -2.20. The largest absolute Gasteiger partial charge is 0.331 e. The van der Waals surface area contributed by atoms with Gasteiger partial charge in [0, 0.05) is 10.9 Å². The van der Waals surface area contributed by atoms with Gasteiger partial charge in [-0.2, -0.15) is 0 Å². The van der Waals surface area contributed by atoms with Crippen LogP contribution in [0.3, 0.4) is 0 Å². The summed E-state index contributed by atoms with van der Waals surface area (Å²) < 4.78 is 0. The normalized spacial score (nSPS) is 14.1. The predicted molar refractivity (Wildman–Crippen MR) is 112 cm³/mol. The Bertz CT molecular complexity index is 1070. The van der Waals surface area contributed by atoms with E-state index < -0.39 is 0 Å². The maximum absolute atomic E-state index is 4.90. The van der Waals surface area contributed by atoms with Gasteiger partial charge in [-0.05, 0) is 43.5 Å². The van der Waals surface area contributed by atoms with Gasteiger partial charge in [-0.3, -0.25) is 4.99 Å². The lowest BCUT2D eigenvalue weighted by atomic mass is 10.0. The van der Waals surface area contributed by atoms with Gasteiger partial charge in [-0.1, -0.05) is 43.3 Å². The standard InChI is InChI=1S/C22H23N5/c1-4-16-9-5-6-10-17(16)21-25-19-12-8-7-11-18(19)22(27-21)26-20-14(2)13-23-15(3)24-20/h5-12H,4,13H2,1-3H3,(H,23,24)(H,25,26,27). The molecule has 0 saturated heterocycles.